The third-order valence-corrected chi connectivity index (χ3v) is 6.47. The number of ether oxygens (including phenoxy) is 1. The smallest absolute Gasteiger partial charge is 0.223 e. The summed E-state index contributed by atoms with van der Waals surface area (Å²) in [5, 5.41) is 0. The van der Waals surface area contributed by atoms with Crippen molar-refractivity contribution >= 4 is 16.9 Å². The number of likely N-dealkylation sites (tertiary alicyclic amines) is 1. The van der Waals surface area contributed by atoms with E-state index in [1.807, 2.05) is 23.1 Å². The van der Waals surface area contributed by atoms with E-state index < -0.39 is 0 Å². The molecule has 5 heteroatoms. The second kappa shape index (κ2) is 10.0. The summed E-state index contributed by atoms with van der Waals surface area (Å²) in [5.74, 6) is 2.78. The standard InChI is InChI=1S/C27H33N3O2/c1-4-15-29-19-22(18-26(29)31)27-28-24-9-6-7-10-25(24)30(27)16-8-17-32-23-13-11-21(12-14-23)20(3)5-2/h4,6-7,9-14,20,22H,1,5,8,15-19H2,2-3H3. The Bertz CT molecular complexity index is 1070. The summed E-state index contributed by atoms with van der Waals surface area (Å²) in [6, 6.07) is 16.7. The first-order chi connectivity index (χ1) is 15.6. The number of aromatic nitrogens is 2. The maximum atomic E-state index is 12.4. The predicted octanol–water partition coefficient (Wildman–Crippen LogP) is 5.52. The molecule has 168 valence electrons. The lowest BCUT2D eigenvalue weighted by Crippen LogP contribution is -2.25. The fourth-order valence-electron chi connectivity index (χ4n) is 4.46. The van der Waals surface area contributed by atoms with Gasteiger partial charge in [0.15, 0.2) is 0 Å². The van der Waals surface area contributed by atoms with Gasteiger partial charge in [-0.05, 0) is 48.6 Å². The molecule has 0 aliphatic carbocycles. The van der Waals surface area contributed by atoms with Gasteiger partial charge in [-0.1, -0.05) is 44.2 Å². The first-order valence-electron chi connectivity index (χ1n) is 11.7. The minimum atomic E-state index is 0.115. The Kier molecular flexibility index (Phi) is 6.93. The number of carbonyl (C=O) groups is 1. The predicted molar refractivity (Wildman–Crippen MR) is 129 cm³/mol. The van der Waals surface area contributed by atoms with Gasteiger partial charge in [0.25, 0.3) is 0 Å². The van der Waals surface area contributed by atoms with Crippen LogP contribution in [0.4, 0.5) is 0 Å². The number of hydrogen-bond acceptors (Lipinski definition) is 3. The Morgan fingerprint density at radius 1 is 1.22 bits per heavy atom. The molecule has 1 amide bonds. The molecule has 2 unspecified atom stereocenters. The molecule has 0 saturated carbocycles. The molecule has 0 radical (unpaired) electrons. The highest BCUT2D eigenvalue weighted by molar-refractivity contribution is 5.81. The van der Waals surface area contributed by atoms with Crippen LogP contribution in [0.1, 0.15) is 56.3 Å². The van der Waals surface area contributed by atoms with Crippen LogP contribution in [-0.4, -0.2) is 40.1 Å². The monoisotopic (exact) mass is 431 g/mol. The summed E-state index contributed by atoms with van der Waals surface area (Å²) in [4.78, 5) is 19.2. The van der Waals surface area contributed by atoms with Crippen LogP contribution >= 0.6 is 0 Å². The van der Waals surface area contributed by atoms with E-state index in [0.717, 1.165) is 42.0 Å². The number of rotatable bonds is 10. The molecule has 1 aliphatic rings. The quantitative estimate of drug-likeness (QED) is 0.314. The van der Waals surface area contributed by atoms with Gasteiger partial charge in [0.05, 0.1) is 17.6 Å². The fraction of sp³-hybridized carbons (Fsp3) is 0.407. The summed E-state index contributed by atoms with van der Waals surface area (Å²) in [7, 11) is 0. The van der Waals surface area contributed by atoms with Crippen molar-refractivity contribution in [3.8, 4) is 5.75 Å². The van der Waals surface area contributed by atoms with Gasteiger partial charge in [-0.25, -0.2) is 4.98 Å². The van der Waals surface area contributed by atoms with E-state index in [1.54, 1.807) is 6.08 Å². The summed E-state index contributed by atoms with van der Waals surface area (Å²) in [6.07, 6.45) is 4.31. The fourth-order valence-corrected chi connectivity index (χ4v) is 4.46. The van der Waals surface area contributed by atoms with E-state index >= 15 is 0 Å². The molecule has 0 bridgehead atoms. The van der Waals surface area contributed by atoms with Crippen LogP contribution in [-0.2, 0) is 11.3 Å². The van der Waals surface area contributed by atoms with Crippen LogP contribution in [0, 0.1) is 0 Å². The highest BCUT2D eigenvalue weighted by atomic mass is 16.5. The summed E-state index contributed by atoms with van der Waals surface area (Å²) in [5.41, 5.74) is 3.46. The normalized spacial score (nSPS) is 17.1. The number of carbonyl (C=O) groups excluding carboxylic acids is 1. The van der Waals surface area contributed by atoms with Gasteiger partial charge in [-0.3, -0.25) is 4.79 Å². The lowest BCUT2D eigenvalue weighted by atomic mass is 9.99. The summed E-state index contributed by atoms with van der Waals surface area (Å²) in [6.45, 7) is 11.0. The highest BCUT2D eigenvalue weighted by Crippen LogP contribution is 2.30. The maximum absolute atomic E-state index is 12.4. The molecule has 1 fully saturated rings. The molecule has 2 atom stereocenters. The third kappa shape index (κ3) is 4.72. The minimum absolute atomic E-state index is 0.115. The lowest BCUT2D eigenvalue weighted by molar-refractivity contribution is -0.127. The van der Waals surface area contributed by atoms with Gasteiger partial charge >= 0.3 is 0 Å². The van der Waals surface area contributed by atoms with E-state index in [4.69, 9.17) is 9.72 Å². The molecular weight excluding hydrogens is 398 g/mol. The van der Waals surface area contributed by atoms with Crippen LogP contribution in [0.5, 0.6) is 5.75 Å². The van der Waals surface area contributed by atoms with Crippen molar-refractivity contribution in [1.82, 2.24) is 14.5 Å². The molecule has 1 aliphatic heterocycles. The molecule has 4 rings (SSSR count). The van der Waals surface area contributed by atoms with E-state index in [1.165, 1.54) is 5.56 Å². The highest BCUT2D eigenvalue weighted by Gasteiger charge is 2.33. The SMILES string of the molecule is C=CCN1CC(c2nc3ccccc3n2CCCOc2ccc(C(C)CC)cc2)CC1=O. The van der Waals surface area contributed by atoms with E-state index in [0.29, 0.717) is 32.0 Å². The number of imidazole rings is 1. The summed E-state index contributed by atoms with van der Waals surface area (Å²) < 4.78 is 8.29. The Hall–Kier alpha value is -3.08. The van der Waals surface area contributed by atoms with Crippen molar-refractivity contribution in [3.63, 3.8) is 0 Å². The van der Waals surface area contributed by atoms with Crippen molar-refractivity contribution in [3.05, 3.63) is 72.6 Å². The molecule has 3 aromatic rings. The van der Waals surface area contributed by atoms with Gasteiger partial charge in [-0.15, -0.1) is 6.58 Å². The largest absolute Gasteiger partial charge is 0.494 e. The third-order valence-electron chi connectivity index (χ3n) is 6.47. The van der Waals surface area contributed by atoms with Gasteiger partial charge in [0.2, 0.25) is 5.91 Å². The van der Waals surface area contributed by atoms with E-state index in [-0.39, 0.29) is 11.8 Å². The van der Waals surface area contributed by atoms with Crippen LogP contribution < -0.4 is 4.74 Å². The molecule has 32 heavy (non-hydrogen) atoms. The first kappa shape index (κ1) is 22.1. The number of aryl methyl sites for hydroxylation is 1. The van der Waals surface area contributed by atoms with Crippen molar-refractivity contribution < 1.29 is 9.53 Å². The first-order valence-corrected chi connectivity index (χ1v) is 11.7. The number of para-hydroxylation sites is 2. The van der Waals surface area contributed by atoms with Crippen molar-refractivity contribution in [2.45, 2.75) is 51.5 Å². The zero-order valence-electron chi connectivity index (χ0n) is 19.2. The number of hydrogen-bond donors (Lipinski definition) is 0. The van der Waals surface area contributed by atoms with Gasteiger partial charge in [-0.2, -0.15) is 0 Å². The Morgan fingerprint density at radius 2 is 2.00 bits per heavy atom. The second-order valence-electron chi connectivity index (χ2n) is 8.68. The summed E-state index contributed by atoms with van der Waals surface area (Å²) >= 11 is 0. The Morgan fingerprint density at radius 3 is 2.75 bits per heavy atom. The molecule has 5 nitrogen and oxygen atoms in total. The minimum Gasteiger partial charge on any atom is -0.494 e. The zero-order chi connectivity index (χ0) is 22.5. The van der Waals surface area contributed by atoms with Crippen LogP contribution in [0.25, 0.3) is 11.0 Å². The van der Waals surface area contributed by atoms with Crippen LogP contribution in [0.15, 0.2) is 61.2 Å². The van der Waals surface area contributed by atoms with Crippen molar-refractivity contribution in [2.75, 3.05) is 19.7 Å². The number of amides is 1. The van der Waals surface area contributed by atoms with E-state index in [9.17, 15) is 4.79 Å². The van der Waals surface area contributed by atoms with E-state index in [2.05, 4.69) is 55.3 Å². The van der Waals surface area contributed by atoms with Crippen molar-refractivity contribution in [2.24, 2.45) is 0 Å². The molecule has 2 heterocycles. The van der Waals surface area contributed by atoms with Crippen molar-refractivity contribution in [1.29, 1.82) is 0 Å². The Labute approximate surface area is 190 Å². The maximum Gasteiger partial charge on any atom is 0.223 e. The average molecular weight is 432 g/mol. The lowest BCUT2D eigenvalue weighted by Gasteiger charge is -2.16. The van der Waals surface area contributed by atoms with Gasteiger partial charge < -0.3 is 14.2 Å². The number of fused-ring (bicyclic) bond motifs is 1. The topological polar surface area (TPSA) is 47.4 Å². The zero-order valence-corrected chi connectivity index (χ0v) is 19.2. The Balaban J connectivity index is 1.43. The van der Waals surface area contributed by atoms with Gasteiger partial charge in [0, 0.05) is 32.0 Å². The molecule has 1 saturated heterocycles. The molecule has 0 N–H and O–H groups in total. The molecular formula is C27H33N3O2. The van der Waals surface area contributed by atoms with Crippen LogP contribution in [0.3, 0.4) is 0 Å². The molecule has 0 spiro atoms. The second-order valence-corrected chi connectivity index (χ2v) is 8.68. The number of nitrogens with zero attached hydrogens (tertiary/aromatic N) is 3. The van der Waals surface area contributed by atoms with Crippen LogP contribution in [0.2, 0.25) is 0 Å². The molecule has 1 aromatic heterocycles. The average Bonchev–Trinajstić information content (AvgIpc) is 3.37. The van der Waals surface area contributed by atoms with Gasteiger partial charge in [0.1, 0.15) is 11.6 Å². The number of benzene rings is 2. The molecule has 2 aromatic carbocycles.